The number of hydrogen-bond donors (Lipinski definition) is 1. The lowest BCUT2D eigenvalue weighted by molar-refractivity contribution is 0.198. The Hall–Kier alpha value is -0.0400. The molecule has 1 rings (SSSR count). The smallest absolute Gasteiger partial charge is 0.00979 e. The van der Waals surface area contributed by atoms with Crippen molar-refractivity contribution in [2.75, 3.05) is 6.54 Å². The molecule has 0 aromatic carbocycles. The van der Waals surface area contributed by atoms with Crippen LogP contribution < -0.4 is 5.32 Å². The Morgan fingerprint density at radius 3 is 2.19 bits per heavy atom. The molecule has 0 aromatic rings. The lowest BCUT2D eigenvalue weighted by atomic mass is 9.76. The van der Waals surface area contributed by atoms with Crippen LogP contribution in [-0.2, 0) is 0 Å². The highest BCUT2D eigenvalue weighted by molar-refractivity contribution is 4.84. The second-order valence-corrected chi connectivity index (χ2v) is 6.71. The van der Waals surface area contributed by atoms with Crippen LogP contribution in [0.4, 0.5) is 0 Å². The summed E-state index contributed by atoms with van der Waals surface area (Å²) in [7, 11) is 0. The molecule has 1 aliphatic rings. The largest absolute Gasteiger partial charge is 0.314 e. The van der Waals surface area contributed by atoms with E-state index in [0.29, 0.717) is 5.41 Å². The molecular weight excluding hydrogens is 194 g/mol. The zero-order chi connectivity index (χ0) is 12.2. The third-order valence-corrected chi connectivity index (χ3v) is 4.52. The second kappa shape index (κ2) is 6.05. The van der Waals surface area contributed by atoms with Gasteiger partial charge in [-0.2, -0.15) is 0 Å². The van der Waals surface area contributed by atoms with Crippen molar-refractivity contribution in [3.63, 3.8) is 0 Å². The fourth-order valence-corrected chi connectivity index (χ4v) is 2.80. The van der Waals surface area contributed by atoms with E-state index in [0.717, 1.165) is 24.4 Å². The van der Waals surface area contributed by atoms with Gasteiger partial charge in [-0.15, -0.1) is 0 Å². The van der Waals surface area contributed by atoms with Crippen LogP contribution in [0.3, 0.4) is 0 Å². The molecule has 0 spiro atoms. The summed E-state index contributed by atoms with van der Waals surface area (Å²) >= 11 is 0. The van der Waals surface area contributed by atoms with Gasteiger partial charge >= 0.3 is 0 Å². The van der Waals surface area contributed by atoms with Gasteiger partial charge in [0.15, 0.2) is 0 Å². The molecule has 0 amide bonds. The minimum absolute atomic E-state index is 0.451. The van der Waals surface area contributed by atoms with Crippen molar-refractivity contribution in [3.05, 3.63) is 0 Å². The molecule has 0 radical (unpaired) electrons. The van der Waals surface area contributed by atoms with Gasteiger partial charge < -0.3 is 5.32 Å². The molecular formula is C15H31N. The van der Waals surface area contributed by atoms with Gasteiger partial charge in [0.1, 0.15) is 0 Å². The normalized spacial score (nSPS) is 22.3. The molecule has 1 saturated carbocycles. The fourth-order valence-electron chi connectivity index (χ4n) is 2.80. The minimum Gasteiger partial charge on any atom is -0.314 e. The first-order chi connectivity index (χ1) is 7.45. The van der Waals surface area contributed by atoms with E-state index < -0.39 is 0 Å². The molecule has 0 aromatic heterocycles. The zero-order valence-electron chi connectivity index (χ0n) is 12.0. The molecule has 0 bridgehead atoms. The minimum atomic E-state index is 0.451. The summed E-state index contributed by atoms with van der Waals surface area (Å²) in [5.41, 5.74) is 0.451. The van der Waals surface area contributed by atoms with E-state index in [1.165, 1.54) is 32.1 Å². The van der Waals surface area contributed by atoms with Crippen molar-refractivity contribution in [1.29, 1.82) is 0 Å². The Bertz CT molecular complexity index is 186. The van der Waals surface area contributed by atoms with Crippen LogP contribution >= 0.6 is 0 Å². The summed E-state index contributed by atoms with van der Waals surface area (Å²) in [6, 6.07) is 0.765. The summed E-state index contributed by atoms with van der Waals surface area (Å²) in [5, 5.41) is 3.73. The van der Waals surface area contributed by atoms with Crippen molar-refractivity contribution in [2.24, 2.45) is 17.3 Å². The Morgan fingerprint density at radius 2 is 1.75 bits per heavy atom. The van der Waals surface area contributed by atoms with E-state index in [1.807, 2.05) is 0 Å². The Labute approximate surface area is 102 Å². The van der Waals surface area contributed by atoms with E-state index in [-0.39, 0.29) is 0 Å². The first-order valence-corrected chi connectivity index (χ1v) is 7.18. The summed E-state index contributed by atoms with van der Waals surface area (Å²) in [4.78, 5) is 0. The van der Waals surface area contributed by atoms with E-state index in [2.05, 4.69) is 39.9 Å². The number of hydrogen-bond acceptors (Lipinski definition) is 1. The molecule has 1 fully saturated rings. The maximum atomic E-state index is 3.73. The van der Waals surface area contributed by atoms with Crippen molar-refractivity contribution in [1.82, 2.24) is 5.32 Å². The molecule has 16 heavy (non-hydrogen) atoms. The van der Waals surface area contributed by atoms with Gasteiger partial charge in [-0.25, -0.2) is 0 Å². The topological polar surface area (TPSA) is 12.0 Å². The van der Waals surface area contributed by atoms with E-state index in [4.69, 9.17) is 0 Å². The molecule has 1 aliphatic carbocycles. The summed E-state index contributed by atoms with van der Waals surface area (Å²) < 4.78 is 0. The van der Waals surface area contributed by atoms with Gasteiger partial charge in [0.05, 0.1) is 0 Å². The lowest BCUT2D eigenvalue weighted by Crippen LogP contribution is -2.38. The van der Waals surface area contributed by atoms with Crippen LogP contribution in [0.2, 0.25) is 0 Å². The molecule has 96 valence electrons. The van der Waals surface area contributed by atoms with E-state index >= 15 is 0 Å². The maximum Gasteiger partial charge on any atom is 0.00979 e. The van der Waals surface area contributed by atoms with Gasteiger partial charge in [-0.1, -0.05) is 47.5 Å². The van der Waals surface area contributed by atoms with Crippen molar-refractivity contribution >= 4 is 0 Å². The van der Waals surface area contributed by atoms with Crippen LogP contribution in [0.25, 0.3) is 0 Å². The first-order valence-electron chi connectivity index (χ1n) is 7.18. The first kappa shape index (κ1) is 14.0. The van der Waals surface area contributed by atoms with Crippen LogP contribution in [0.5, 0.6) is 0 Å². The maximum absolute atomic E-state index is 3.73. The van der Waals surface area contributed by atoms with Crippen LogP contribution in [-0.4, -0.2) is 12.6 Å². The van der Waals surface area contributed by atoms with E-state index in [1.54, 1.807) is 0 Å². The van der Waals surface area contributed by atoms with Crippen LogP contribution in [0, 0.1) is 17.3 Å². The van der Waals surface area contributed by atoms with Crippen LogP contribution in [0.15, 0.2) is 0 Å². The average molecular weight is 225 g/mol. The third kappa shape index (κ3) is 4.08. The standard InChI is InChI=1S/C15H31N/c1-6-16-14(13-9-7-8-10-13)11-12(2)15(3,4)5/h12-14,16H,6-11H2,1-5H3. The average Bonchev–Trinajstić information content (AvgIpc) is 2.68. The van der Waals surface area contributed by atoms with Gasteiger partial charge in [-0.05, 0) is 43.1 Å². The second-order valence-electron chi connectivity index (χ2n) is 6.71. The number of nitrogens with one attached hydrogen (secondary N) is 1. The molecule has 2 unspecified atom stereocenters. The Kier molecular flexibility index (Phi) is 5.30. The highest BCUT2D eigenvalue weighted by Crippen LogP contribution is 2.35. The van der Waals surface area contributed by atoms with Gasteiger partial charge in [0.25, 0.3) is 0 Å². The molecule has 0 aliphatic heterocycles. The molecule has 0 heterocycles. The van der Waals surface area contributed by atoms with Gasteiger partial charge in [0, 0.05) is 6.04 Å². The predicted molar refractivity (Wildman–Crippen MR) is 72.7 cm³/mol. The van der Waals surface area contributed by atoms with Crippen molar-refractivity contribution in [2.45, 2.75) is 72.8 Å². The third-order valence-electron chi connectivity index (χ3n) is 4.52. The van der Waals surface area contributed by atoms with Crippen LogP contribution in [0.1, 0.15) is 66.7 Å². The predicted octanol–water partition coefficient (Wildman–Crippen LogP) is 4.23. The molecule has 1 heteroatoms. The molecule has 1 nitrogen and oxygen atoms in total. The van der Waals surface area contributed by atoms with Crippen molar-refractivity contribution < 1.29 is 0 Å². The SMILES string of the molecule is CCNC(CC(C)C(C)(C)C)C1CCCC1. The summed E-state index contributed by atoms with van der Waals surface area (Å²) in [5.74, 6) is 1.75. The summed E-state index contributed by atoms with van der Waals surface area (Å²) in [6.07, 6.45) is 7.16. The zero-order valence-corrected chi connectivity index (χ0v) is 12.0. The van der Waals surface area contributed by atoms with Gasteiger partial charge in [0.2, 0.25) is 0 Å². The monoisotopic (exact) mass is 225 g/mol. The molecule has 1 N–H and O–H groups in total. The molecule has 2 atom stereocenters. The fraction of sp³-hybridized carbons (Fsp3) is 1.00. The summed E-state index contributed by atoms with van der Waals surface area (Å²) in [6.45, 7) is 12.9. The van der Waals surface area contributed by atoms with Gasteiger partial charge in [-0.3, -0.25) is 0 Å². The quantitative estimate of drug-likeness (QED) is 0.738. The van der Waals surface area contributed by atoms with Crippen molar-refractivity contribution in [3.8, 4) is 0 Å². The van der Waals surface area contributed by atoms with E-state index in [9.17, 15) is 0 Å². The Balaban J connectivity index is 2.50. The highest BCUT2D eigenvalue weighted by Gasteiger charge is 2.29. The molecule has 0 saturated heterocycles. The Morgan fingerprint density at radius 1 is 1.19 bits per heavy atom. The number of rotatable bonds is 5. The highest BCUT2D eigenvalue weighted by atomic mass is 14.9. The lowest BCUT2D eigenvalue weighted by Gasteiger charge is -2.33.